The summed E-state index contributed by atoms with van der Waals surface area (Å²) in [5.41, 5.74) is -0.311. The lowest BCUT2D eigenvalue weighted by Gasteiger charge is -2.20. The maximum absolute atomic E-state index is 12.8. The van der Waals surface area contributed by atoms with Crippen molar-refractivity contribution in [2.75, 3.05) is 7.05 Å². The third-order valence-electron chi connectivity index (χ3n) is 2.90. The number of nitrogens with one attached hydrogen (secondary N) is 1. The molecule has 0 aliphatic heterocycles. The van der Waals surface area contributed by atoms with E-state index < -0.39 is 11.7 Å². The molecule has 0 bridgehead atoms. The molecule has 1 aliphatic rings. The number of nitrogens with zero attached hydrogens (tertiary/aromatic N) is 1. The van der Waals surface area contributed by atoms with Gasteiger partial charge in [0.05, 0.1) is 5.56 Å². The van der Waals surface area contributed by atoms with E-state index in [2.05, 4.69) is 10.3 Å². The van der Waals surface area contributed by atoms with Crippen LogP contribution in [0.1, 0.15) is 30.0 Å². The van der Waals surface area contributed by atoms with Crippen LogP contribution in [-0.4, -0.2) is 12.0 Å². The molecular formula is C11H13F3N2. The molecular weight excluding hydrogens is 217 g/mol. The minimum absolute atomic E-state index is 0.231. The van der Waals surface area contributed by atoms with Crippen molar-refractivity contribution in [3.8, 4) is 0 Å². The molecule has 0 aromatic carbocycles. The summed E-state index contributed by atoms with van der Waals surface area (Å²) in [6, 6.07) is 0.813. The van der Waals surface area contributed by atoms with Crippen molar-refractivity contribution in [1.29, 1.82) is 0 Å². The van der Waals surface area contributed by atoms with Gasteiger partial charge in [-0.25, -0.2) is 0 Å². The van der Waals surface area contributed by atoms with Gasteiger partial charge in [0.1, 0.15) is 0 Å². The quantitative estimate of drug-likeness (QED) is 0.863. The van der Waals surface area contributed by atoms with E-state index in [4.69, 9.17) is 0 Å². The van der Waals surface area contributed by atoms with Gasteiger partial charge in [-0.2, -0.15) is 13.2 Å². The van der Waals surface area contributed by atoms with Crippen LogP contribution in [0.5, 0.6) is 0 Å². The Morgan fingerprint density at radius 1 is 1.44 bits per heavy atom. The molecule has 1 saturated carbocycles. The van der Waals surface area contributed by atoms with E-state index in [0.29, 0.717) is 5.92 Å². The number of hydrogen-bond acceptors (Lipinski definition) is 2. The highest BCUT2D eigenvalue weighted by Crippen LogP contribution is 2.44. The van der Waals surface area contributed by atoms with Gasteiger partial charge in [0.2, 0.25) is 0 Å². The molecule has 1 unspecified atom stereocenters. The molecule has 1 fully saturated rings. The van der Waals surface area contributed by atoms with Crippen LogP contribution in [0.3, 0.4) is 0 Å². The van der Waals surface area contributed by atoms with Crippen LogP contribution in [0.25, 0.3) is 0 Å². The Kier molecular flexibility index (Phi) is 2.88. The summed E-state index contributed by atoms with van der Waals surface area (Å²) in [6.45, 7) is 0. The van der Waals surface area contributed by atoms with E-state index in [0.717, 1.165) is 18.9 Å². The first kappa shape index (κ1) is 11.4. The van der Waals surface area contributed by atoms with E-state index >= 15 is 0 Å². The fourth-order valence-corrected chi connectivity index (χ4v) is 1.99. The third-order valence-corrected chi connectivity index (χ3v) is 2.90. The largest absolute Gasteiger partial charge is 0.416 e. The number of hydrogen-bond donors (Lipinski definition) is 1. The molecule has 1 aromatic heterocycles. The smallest absolute Gasteiger partial charge is 0.313 e. The number of aromatic nitrogens is 1. The zero-order chi connectivity index (χ0) is 11.8. The highest BCUT2D eigenvalue weighted by Gasteiger charge is 2.39. The van der Waals surface area contributed by atoms with Gasteiger partial charge in [-0.1, -0.05) is 0 Å². The summed E-state index contributed by atoms with van der Waals surface area (Å²) in [5.74, 6) is 0.315. The van der Waals surface area contributed by atoms with Gasteiger partial charge >= 0.3 is 6.18 Å². The lowest BCUT2D eigenvalue weighted by molar-refractivity contribution is -0.138. The zero-order valence-corrected chi connectivity index (χ0v) is 8.88. The van der Waals surface area contributed by atoms with Crippen molar-refractivity contribution in [3.05, 3.63) is 29.6 Å². The van der Waals surface area contributed by atoms with Gasteiger partial charge in [0.25, 0.3) is 0 Å². The van der Waals surface area contributed by atoms with E-state index in [-0.39, 0.29) is 11.6 Å². The Balaban J connectivity index is 2.38. The van der Waals surface area contributed by atoms with Crippen LogP contribution < -0.4 is 5.32 Å². The fourth-order valence-electron chi connectivity index (χ4n) is 1.99. The lowest BCUT2D eigenvalue weighted by atomic mass is 9.99. The number of pyridine rings is 1. The van der Waals surface area contributed by atoms with Crippen molar-refractivity contribution in [2.24, 2.45) is 5.92 Å². The second-order valence-corrected chi connectivity index (χ2v) is 4.06. The summed E-state index contributed by atoms with van der Waals surface area (Å²) in [7, 11) is 1.69. The second kappa shape index (κ2) is 4.05. The SMILES string of the molecule is CNC(c1cnccc1C(F)(F)F)C1CC1. The molecule has 0 radical (unpaired) electrons. The van der Waals surface area contributed by atoms with Crippen LogP contribution in [0.4, 0.5) is 13.2 Å². The number of alkyl halides is 3. The Labute approximate surface area is 91.9 Å². The van der Waals surface area contributed by atoms with Gasteiger partial charge in [-0.05, 0) is 37.4 Å². The zero-order valence-electron chi connectivity index (χ0n) is 8.88. The molecule has 1 heterocycles. The molecule has 16 heavy (non-hydrogen) atoms. The molecule has 0 amide bonds. The standard InChI is InChI=1S/C11H13F3N2/c1-15-10(7-2-3-7)8-6-16-5-4-9(8)11(12,13)14/h4-7,10,15H,2-3H2,1H3. The van der Waals surface area contributed by atoms with Crippen LogP contribution in [-0.2, 0) is 6.18 Å². The Bertz CT molecular complexity index is 372. The minimum Gasteiger partial charge on any atom is -0.313 e. The van der Waals surface area contributed by atoms with Crippen molar-refractivity contribution in [1.82, 2.24) is 10.3 Å². The van der Waals surface area contributed by atoms with Gasteiger partial charge < -0.3 is 5.32 Å². The van der Waals surface area contributed by atoms with E-state index in [1.165, 1.54) is 12.4 Å². The summed E-state index contributed by atoms with van der Waals surface area (Å²) in [5, 5.41) is 2.95. The Morgan fingerprint density at radius 2 is 2.12 bits per heavy atom. The van der Waals surface area contributed by atoms with Gasteiger partial charge in [0, 0.05) is 18.4 Å². The van der Waals surface area contributed by atoms with E-state index in [9.17, 15) is 13.2 Å². The third kappa shape index (κ3) is 2.19. The number of halogens is 3. The van der Waals surface area contributed by atoms with Crippen molar-refractivity contribution in [2.45, 2.75) is 25.1 Å². The Morgan fingerprint density at radius 3 is 2.62 bits per heavy atom. The van der Waals surface area contributed by atoms with Crippen LogP contribution in [0.15, 0.2) is 18.5 Å². The van der Waals surface area contributed by atoms with E-state index in [1.807, 2.05) is 0 Å². The highest BCUT2D eigenvalue weighted by molar-refractivity contribution is 5.30. The van der Waals surface area contributed by atoms with Gasteiger partial charge in [-0.3, -0.25) is 4.98 Å². The van der Waals surface area contributed by atoms with Crippen LogP contribution in [0, 0.1) is 5.92 Å². The Hall–Kier alpha value is -1.10. The molecule has 5 heteroatoms. The summed E-state index contributed by atoms with van der Waals surface area (Å²) in [6.07, 6.45) is 0.173. The predicted molar refractivity (Wildman–Crippen MR) is 53.8 cm³/mol. The number of rotatable bonds is 3. The first-order valence-corrected chi connectivity index (χ1v) is 5.22. The lowest BCUT2D eigenvalue weighted by Crippen LogP contribution is -2.22. The minimum atomic E-state index is -4.30. The van der Waals surface area contributed by atoms with Crippen LogP contribution >= 0.6 is 0 Å². The first-order valence-electron chi connectivity index (χ1n) is 5.22. The average molecular weight is 230 g/mol. The molecule has 2 rings (SSSR count). The van der Waals surface area contributed by atoms with E-state index in [1.54, 1.807) is 7.05 Å². The van der Waals surface area contributed by atoms with Crippen molar-refractivity contribution >= 4 is 0 Å². The molecule has 1 aliphatic carbocycles. The maximum Gasteiger partial charge on any atom is 0.416 e. The normalized spacial score (nSPS) is 18.5. The van der Waals surface area contributed by atoms with Crippen molar-refractivity contribution < 1.29 is 13.2 Å². The fraction of sp³-hybridized carbons (Fsp3) is 0.545. The average Bonchev–Trinajstić information content (AvgIpc) is 3.02. The molecule has 0 saturated heterocycles. The second-order valence-electron chi connectivity index (χ2n) is 4.06. The first-order chi connectivity index (χ1) is 7.54. The highest BCUT2D eigenvalue weighted by atomic mass is 19.4. The molecule has 1 atom stereocenters. The van der Waals surface area contributed by atoms with Gasteiger partial charge in [0.15, 0.2) is 0 Å². The van der Waals surface area contributed by atoms with Gasteiger partial charge in [-0.15, -0.1) is 0 Å². The monoisotopic (exact) mass is 230 g/mol. The summed E-state index contributed by atoms with van der Waals surface area (Å²) < 4.78 is 38.3. The summed E-state index contributed by atoms with van der Waals surface area (Å²) in [4.78, 5) is 3.80. The van der Waals surface area contributed by atoms with Crippen LogP contribution in [0.2, 0.25) is 0 Å². The molecule has 1 N–H and O–H groups in total. The molecule has 1 aromatic rings. The van der Waals surface area contributed by atoms with Crippen molar-refractivity contribution in [3.63, 3.8) is 0 Å². The maximum atomic E-state index is 12.8. The molecule has 0 spiro atoms. The molecule has 88 valence electrons. The predicted octanol–water partition coefficient (Wildman–Crippen LogP) is 2.77. The topological polar surface area (TPSA) is 24.9 Å². The summed E-state index contributed by atoms with van der Waals surface area (Å²) >= 11 is 0. The molecule has 2 nitrogen and oxygen atoms in total.